The molecule has 2 aromatic carbocycles. The smallest absolute Gasteiger partial charge is 0.254 e. The van der Waals surface area contributed by atoms with Crippen LogP contribution in [-0.4, -0.2) is 26.9 Å². The summed E-state index contributed by atoms with van der Waals surface area (Å²) in [4.78, 5) is 31.0. The van der Waals surface area contributed by atoms with E-state index in [2.05, 4.69) is 4.98 Å². The van der Waals surface area contributed by atoms with Crippen LogP contribution in [0.4, 0.5) is 0 Å². The van der Waals surface area contributed by atoms with Crippen molar-refractivity contribution in [3.8, 4) is 11.3 Å². The zero-order valence-corrected chi connectivity index (χ0v) is 14.7. The summed E-state index contributed by atoms with van der Waals surface area (Å²) in [6, 6.07) is 20.8. The second-order valence-electron chi connectivity index (χ2n) is 6.00. The summed E-state index contributed by atoms with van der Waals surface area (Å²) >= 11 is 0. The van der Waals surface area contributed by atoms with Gasteiger partial charge in [-0.1, -0.05) is 60.7 Å². The molecule has 26 heavy (non-hydrogen) atoms. The number of benzene rings is 2. The molecule has 1 aromatic heterocycles. The topological polar surface area (TPSA) is 55.2 Å². The van der Waals surface area contributed by atoms with Crippen molar-refractivity contribution < 1.29 is 4.79 Å². The van der Waals surface area contributed by atoms with Crippen LogP contribution < -0.4 is 5.56 Å². The van der Waals surface area contributed by atoms with Crippen LogP contribution in [0.5, 0.6) is 0 Å². The standard InChI is InChI=1S/C21H21N3O2/c1-2-23(14-17-9-5-3-6-10-17)21(26)15-24-16-22-19(13-20(24)25)18-11-7-4-8-12-18/h3-13,16H,2,14-15H2,1H3. The summed E-state index contributed by atoms with van der Waals surface area (Å²) in [7, 11) is 0. The van der Waals surface area contributed by atoms with E-state index in [1.165, 1.54) is 17.0 Å². The molecular weight excluding hydrogens is 326 g/mol. The maximum Gasteiger partial charge on any atom is 0.254 e. The lowest BCUT2D eigenvalue weighted by molar-refractivity contribution is -0.132. The van der Waals surface area contributed by atoms with Gasteiger partial charge in [0.15, 0.2) is 0 Å². The molecular formula is C21H21N3O2. The second-order valence-corrected chi connectivity index (χ2v) is 6.00. The number of hydrogen-bond donors (Lipinski definition) is 0. The van der Waals surface area contributed by atoms with Gasteiger partial charge in [0.1, 0.15) is 6.54 Å². The quantitative estimate of drug-likeness (QED) is 0.689. The predicted molar refractivity (Wildman–Crippen MR) is 101 cm³/mol. The Morgan fingerprint density at radius 3 is 2.31 bits per heavy atom. The Labute approximate surface area is 152 Å². The molecule has 0 aliphatic heterocycles. The maximum absolute atomic E-state index is 12.6. The minimum absolute atomic E-state index is 0.0123. The number of carbonyl (C=O) groups is 1. The Morgan fingerprint density at radius 2 is 1.69 bits per heavy atom. The number of hydrogen-bond acceptors (Lipinski definition) is 3. The van der Waals surface area contributed by atoms with Gasteiger partial charge in [0, 0.05) is 24.7 Å². The fraction of sp³-hybridized carbons (Fsp3) is 0.190. The van der Waals surface area contributed by atoms with E-state index < -0.39 is 0 Å². The first-order valence-electron chi connectivity index (χ1n) is 8.61. The summed E-state index contributed by atoms with van der Waals surface area (Å²) in [6.07, 6.45) is 1.44. The average Bonchev–Trinajstić information content (AvgIpc) is 2.69. The van der Waals surface area contributed by atoms with E-state index >= 15 is 0 Å². The molecule has 0 bridgehead atoms. The molecule has 0 spiro atoms. The van der Waals surface area contributed by atoms with E-state index in [0.717, 1.165) is 11.1 Å². The zero-order valence-electron chi connectivity index (χ0n) is 14.7. The van der Waals surface area contributed by atoms with E-state index in [4.69, 9.17) is 0 Å². The molecule has 0 unspecified atom stereocenters. The van der Waals surface area contributed by atoms with Crippen molar-refractivity contribution in [2.45, 2.75) is 20.0 Å². The van der Waals surface area contributed by atoms with Crippen LogP contribution in [0.25, 0.3) is 11.3 Å². The van der Waals surface area contributed by atoms with E-state index in [1.807, 2.05) is 67.6 Å². The van der Waals surface area contributed by atoms with Crippen LogP contribution in [0.3, 0.4) is 0 Å². The van der Waals surface area contributed by atoms with Crippen molar-refractivity contribution in [2.75, 3.05) is 6.54 Å². The van der Waals surface area contributed by atoms with E-state index in [1.54, 1.807) is 4.90 Å². The molecule has 0 aliphatic rings. The molecule has 0 saturated carbocycles. The first kappa shape index (κ1) is 17.6. The Balaban J connectivity index is 1.73. The molecule has 0 fully saturated rings. The van der Waals surface area contributed by atoms with Gasteiger partial charge >= 0.3 is 0 Å². The van der Waals surface area contributed by atoms with Crippen molar-refractivity contribution in [3.63, 3.8) is 0 Å². The second kappa shape index (κ2) is 8.25. The monoisotopic (exact) mass is 347 g/mol. The van der Waals surface area contributed by atoms with E-state index in [0.29, 0.717) is 18.8 Å². The van der Waals surface area contributed by atoms with Crippen molar-refractivity contribution in [3.05, 3.63) is 89.0 Å². The highest BCUT2D eigenvalue weighted by molar-refractivity contribution is 5.76. The molecule has 3 aromatic rings. The molecule has 0 saturated heterocycles. The Hall–Kier alpha value is -3.21. The normalized spacial score (nSPS) is 10.5. The molecule has 3 rings (SSSR count). The SMILES string of the molecule is CCN(Cc1ccccc1)C(=O)Cn1cnc(-c2ccccc2)cc1=O. The lowest BCUT2D eigenvalue weighted by Crippen LogP contribution is -2.36. The molecule has 0 radical (unpaired) electrons. The number of amides is 1. The van der Waals surface area contributed by atoms with Crippen molar-refractivity contribution >= 4 is 5.91 Å². The summed E-state index contributed by atoms with van der Waals surface area (Å²) in [5, 5.41) is 0. The number of carbonyl (C=O) groups excluding carboxylic acids is 1. The van der Waals surface area contributed by atoms with Gasteiger partial charge in [0.05, 0.1) is 12.0 Å². The number of rotatable bonds is 6. The molecule has 132 valence electrons. The molecule has 5 heteroatoms. The minimum atomic E-state index is -0.233. The average molecular weight is 347 g/mol. The van der Waals surface area contributed by atoms with Crippen LogP contribution in [0.15, 0.2) is 77.9 Å². The Morgan fingerprint density at radius 1 is 1.04 bits per heavy atom. The van der Waals surface area contributed by atoms with Crippen molar-refractivity contribution in [2.24, 2.45) is 0 Å². The van der Waals surface area contributed by atoms with Gasteiger partial charge in [-0.3, -0.25) is 14.2 Å². The van der Waals surface area contributed by atoms with Gasteiger partial charge in [-0.15, -0.1) is 0 Å². The first-order valence-corrected chi connectivity index (χ1v) is 8.61. The molecule has 0 N–H and O–H groups in total. The number of likely N-dealkylation sites (N-methyl/N-ethyl adjacent to an activating group) is 1. The van der Waals surface area contributed by atoms with Crippen LogP contribution in [0.1, 0.15) is 12.5 Å². The molecule has 0 aliphatic carbocycles. The van der Waals surface area contributed by atoms with Gasteiger partial charge in [-0.25, -0.2) is 4.98 Å². The highest BCUT2D eigenvalue weighted by Crippen LogP contribution is 2.13. The van der Waals surface area contributed by atoms with Crippen LogP contribution in [0, 0.1) is 0 Å². The molecule has 5 nitrogen and oxygen atoms in total. The van der Waals surface area contributed by atoms with Gasteiger partial charge in [-0.05, 0) is 12.5 Å². The summed E-state index contributed by atoms with van der Waals surface area (Å²) < 4.78 is 1.35. The molecule has 0 atom stereocenters. The fourth-order valence-corrected chi connectivity index (χ4v) is 2.74. The van der Waals surface area contributed by atoms with E-state index in [9.17, 15) is 9.59 Å². The van der Waals surface area contributed by atoms with Gasteiger partial charge < -0.3 is 4.90 Å². The predicted octanol–water partition coefficient (Wildman–Crippen LogP) is 2.96. The van der Waals surface area contributed by atoms with Crippen molar-refractivity contribution in [1.29, 1.82) is 0 Å². The third kappa shape index (κ3) is 4.25. The van der Waals surface area contributed by atoms with Gasteiger partial charge in [0.2, 0.25) is 5.91 Å². The van der Waals surface area contributed by atoms with Gasteiger partial charge in [-0.2, -0.15) is 0 Å². The van der Waals surface area contributed by atoms with Crippen molar-refractivity contribution in [1.82, 2.24) is 14.5 Å². The zero-order chi connectivity index (χ0) is 18.4. The minimum Gasteiger partial charge on any atom is -0.337 e. The summed E-state index contributed by atoms with van der Waals surface area (Å²) in [5.41, 5.74) is 2.31. The maximum atomic E-state index is 12.6. The summed E-state index contributed by atoms with van der Waals surface area (Å²) in [6.45, 7) is 3.03. The highest BCUT2D eigenvalue weighted by atomic mass is 16.2. The lowest BCUT2D eigenvalue weighted by atomic mass is 10.1. The van der Waals surface area contributed by atoms with Gasteiger partial charge in [0.25, 0.3) is 5.56 Å². The highest BCUT2D eigenvalue weighted by Gasteiger charge is 2.14. The molecule has 1 amide bonds. The largest absolute Gasteiger partial charge is 0.337 e. The van der Waals surface area contributed by atoms with Crippen LogP contribution in [-0.2, 0) is 17.9 Å². The van der Waals surface area contributed by atoms with Crippen LogP contribution >= 0.6 is 0 Å². The first-order chi connectivity index (χ1) is 12.7. The Kier molecular flexibility index (Phi) is 5.59. The molecule has 1 heterocycles. The number of nitrogens with zero attached hydrogens (tertiary/aromatic N) is 3. The third-order valence-corrected chi connectivity index (χ3v) is 4.21. The lowest BCUT2D eigenvalue weighted by Gasteiger charge is -2.21. The summed E-state index contributed by atoms with van der Waals surface area (Å²) in [5.74, 6) is -0.104. The number of aromatic nitrogens is 2. The Bertz CT molecular complexity index is 921. The fourth-order valence-electron chi connectivity index (χ4n) is 2.74. The van der Waals surface area contributed by atoms with Crippen LogP contribution in [0.2, 0.25) is 0 Å². The van der Waals surface area contributed by atoms with E-state index in [-0.39, 0.29) is 18.0 Å². The third-order valence-electron chi connectivity index (χ3n) is 4.21.